The van der Waals surface area contributed by atoms with E-state index < -0.39 is 24.3 Å². The standard InChI is InChI=1S/C31H31N3O5/c1-21-12-11-17-26(18-21)34(4)27(35)20-38-31(24-13-7-5-8-14-24,25-15-9-6-10-16-25)28(29(36)37)39-30-32-22(2)19-23(3)33-30/h5-19,28H,20H2,1-4H3,(H,36,37). The van der Waals surface area contributed by atoms with Crippen LogP contribution in [0.4, 0.5) is 5.69 Å². The van der Waals surface area contributed by atoms with Crippen molar-refractivity contribution in [3.63, 3.8) is 0 Å². The zero-order valence-electron chi connectivity index (χ0n) is 22.4. The third-order valence-electron chi connectivity index (χ3n) is 6.37. The molecule has 0 saturated heterocycles. The summed E-state index contributed by atoms with van der Waals surface area (Å²) in [6, 6.07) is 27.0. The molecule has 3 aromatic carbocycles. The zero-order valence-corrected chi connectivity index (χ0v) is 22.4. The maximum atomic E-state index is 13.4. The van der Waals surface area contributed by atoms with Gasteiger partial charge in [0, 0.05) is 24.1 Å². The first kappa shape index (κ1) is 27.5. The van der Waals surface area contributed by atoms with Crippen LogP contribution in [0.15, 0.2) is 91.0 Å². The SMILES string of the molecule is Cc1cccc(N(C)C(=O)COC(c2ccccc2)(c2ccccc2)C(Oc2nc(C)cc(C)n2)C(=O)O)c1. The van der Waals surface area contributed by atoms with Gasteiger partial charge in [-0.1, -0.05) is 72.8 Å². The summed E-state index contributed by atoms with van der Waals surface area (Å²) < 4.78 is 12.5. The lowest BCUT2D eigenvalue weighted by Gasteiger charge is -2.39. The molecule has 39 heavy (non-hydrogen) atoms. The Morgan fingerprint density at radius 3 is 1.92 bits per heavy atom. The molecule has 0 aliphatic heterocycles. The van der Waals surface area contributed by atoms with Crippen molar-refractivity contribution in [2.45, 2.75) is 32.5 Å². The highest BCUT2D eigenvalue weighted by molar-refractivity contribution is 5.94. The first-order chi connectivity index (χ1) is 18.7. The molecule has 4 rings (SSSR count). The highest BCUT2D eigenvalue weighted by Crippen LogP contribution is 2.39. The minimum Gasteiger partial charge on any atom is -0.478 e. The summed E-state index contributed by atoms with van der Waals surface area (Å²) in [6.07, 6.45) is -1.64. The van der Waals surface area contributed by atoms with Crippen LogP contribution in [0.5, 0.6) is 6.01 Å². The number of aromatic nitrogens is 2. The Bertz CT molecular complexity index is 1380. The van der Waals surface area contributed by atoms with E-state index in [0.717, 1.165) is 5.56 Å². The molecule has 1 N–H and O–H groups in total. The van der Waals surface area contributed by atoms with Gasteiger partial charge in [0.2, 0.25) is 6.10 Å². The van der Waals surface area contributed by atoms with Crippen LogP contribution in [0, 0.1) is 20.8 Å². The van der Waals surface area contributed by atoms with Gasteiger partial charge in [0.25, 0.3) is 5.91 Å². The number of ether oxygens (including phenoxy) is 2. The number of aryl methyl sites for hydroxylation is 3. The van der Waals surface area contributed by atoms with E-state index in [0.29, 0.717) is 28.2 Å². The van der Waals surface area contributed by atoms with Gasteiger partial charge in [-0.2, -0.15) is 0 Å². The van der Waals surface area contributed by atoms with Crippen molar-refractivity contribution in [1.29, 1.82) is 0 Å². The van der Waals surface area contributed by atoms with Crippen LogP contribution in [-0.4, -0.2) is 46.7 Å². The smallest absolute Gasteiger partial charge is 0.348 e. The van der Waals surface area contributed by atoms with Gasteiger partial charge in [0.15, 0.2) is 5.60 Å². The Hall–Kier alpha value is -4.56. The summed E-state index contributed by atoms with van der Waals surface area (Å²) in [5, 5.41) is 10.6. The number of carboxylic acid groups (broad SMARTS) is 1. The first-order valence-electron chi connectivity index (χ1n) is 12.5. The Morgan fingerprint density at radius 1 is 0.846 bits per heavy atom. The number of benzene rings is 3. The van der Waals surface area contributed by atoms with Gasteiger partial charge in [-0.25, -0.2) is 14.8 Å². The number of carbonyl (C=O) groups excluding carboxylic acids is 1. The van der Waals surface area contributed by atoms with E-state index in [4.69, 9.17) is 9.47 Å². The van der Waals surface area contributed by atoms with Crippen LogP contribution in [0.3, 0.4) is 0 Å². The molecule has 4 aromatic rings. The maximum absolute atomic E-state index is 13.4. The van der Waals surface area contributed by atoms with Gasteiger partial charge in [-0.15, -0.1) is 0 Å². The van der Waals surface area contributed by atoms with Crippen LogP contribution in [0.25, 0.3) is 0 Å². The lowest BCUT2D eigenvalue weighted by molar-refractivity contribution is -0.166. The number of nitrogens with zero attached hydrogens (tertiary/aromatic N) is 3. The summed E-state index contributed by atoms with van der Waals surface area (Å²) in [6.45, 7) is 5.07. The Morgan fingerprint density at radius 2 is 1.41 bits per heavy atom. The van der Waals surface area contributed by atoms with Crippen molar-refractivity contribution < 1.29 is 24.2 Å². The molecule has 0 aliphatic rings. The third-order valence-corrected chi connectivity index (χ3v) is 6.37. The molecule has 1 unspecified atom stereocenters. The molecule has 0 aliphatic carbocycles. The van der Waals surface area contributed by atoms with Crippen molar-refractivity contribution in [3.05, 3.63) is 119 Å². The fourth-order valence-corrected chi connectivity index (χ4v) is 4.50. The zero-order chi connectivity index (χ0) is 28.0. The summed E-state index contributed by atoms with van der Waals surface area (Å²) in [5.41, 5.74) is 2.23. The Kier molecular flexibility index (Phi) is 8.36. The normalized spacial score (nSPS) is 12.0. The van der Waals surface area contributed by atoms with E-state index in [-0.39, 0.29) is 11.9 Å². The highest BCUT2D eigenvalue weighted by atomic mass is 16.6. The van der Waals surface area contributed by atoms with E-state index in [9.17, 15) is 14.7 Å². The number of hydrogen-bond donors (Lipinski definition) is 1. The highest BCUT2D eigenvalue weighted by Gasteiger charge is 2.50. The van der Waals surface area contributed by atoms with Crippen molar-refractivity contribution >= 4 is 17.6 Å². The molecule has 1 aromatic heterocycles. The van der Waals surface area contributed by atoms with Crippen LogP contribution in [0.1, 0.15) is 28.1 Å². The van der Waals surface area contributed by atoms with Gasteiger partial charge in [0.1, 0.15) is 6.61 Å². The van der Waals surface area contributed by atoms with Crippen molar-refractivity contribution in [2.24, 2.45) is 0 Å². The van der Waals surface area contributed by atoms with E-state index in [1.54, 1.807) is 75.5 Å². The maximum Gasteiger partial charge on any atom is 0.348 e. The molecular weight excluding hydrogens is 494 g/mol. The first-order valence-corrected chi connectivity index (χ1v) is 12.5. The third kappa shape index (κ3) is 6.13. The number of amides is 1. The minimum absolute atomic E-state index is 0.0945. The molecule has 0 spiro atoms. The second kappa shape index (κ2) is 11.9. The second-order valence-corrected chi connectivity index (χ2v) is 9.32. The number of aliphatic carboxylic acids is 1. The summed E-state index contributed by atoms with van der Waals surface area (Å²) in [5.74, 6) is -1.66. The quantitative estimate of drug-likeness (QED) is 0.316. The monoisotopic (exact) mass is 525 g/mol. The van der Waals surface area contributed by atoms with Crippen molar-refractivity contribution in [3.8, 4) is 6.01 Å². The van der Waals surface area contributed by atoms with E-state index >= 15 is 0 Å². The van der Waals surface area contributed by atoms with Crippen molar-refractivity contribution in [2.75, 3.05) is 18.6 Å². The van der Waals surface area contributed by atoms with Crippen LogP contribution >= 0.6 is 0 Å². The summed E-state index contributed by atoms with van der Waals surface area (Å²) in [7, 11) is 1.65. The van der Waals surface area contributed by atoms with Gasteiger partial charge < -0.3 is 19.5 Å². The predicted octanol–water partition coefficient (Wildman–Crippen LogP) is 4.86. The molecule has 8 heteroatoms. The molecule has 1 amide bonds. The van der Waals surface area contributed by atoms with E-state index in [1.807, 2.05) is 43.3 Å². The second-order valence-electron chi connectivity index (χ2n) is 9.32. The topological polar surface area (TPSA) is 102 Å². The van der Waals surface area contributed by atoms with Gasteiger partial charge in [0.05, 0.1) is 0 Å². The predicted molar refractivity (Wildman–Crippen MR) is 148 cm³/mol. The largest absolute Gasteiger partial charge is 0.478 e. The Labute approximate surface area is 227 Å². The van der Waals surface area contributed by atoms with Gasteiger partial charge >= 0.3 is 12.0 Å². The molecule has 0 radical (unpaired) electrons. The molecule has 0 bridgehead atoms. The summed E-state index contributed by atoms with van der Waals surface area (Å²) in [4.78, 5) is 36.4. The number of hydrogen-bond acceptors (Lipinski definition) is 6. The number of carbonyl (C=O) groups is 2. The van der Waals surface area contributed by atoms with E-state index in [1.165, 1.54) is 4.90 Å². The molecule has 0 fully saturated rings. The molecule has 0 saturated carbocycles. The van der Waals surface area contributed by atoms with Crippen molar-refractivity contribution in [1.82, 2.24) is 9.97 Å². The summed E-state index contributed by atoms with van der Waals surface area (Å²) >= 11 is 0. The molecule has 1 heterocycles. The Balaban J connectivity index is 1.82. The molecule has 8 nitrogen and oxygen atoms in total. The molecular formula is C31H31N3O5. The fraction of sp³-hybridized carbons (Fsp3) is 0.226. The number of carboxylic acids is 1. The number of anilines is 1. The number of rotatable bonds is 10. The van der Waals surface area contributed by atoms with Crippen LogP contribution < -0.4 is 9.64 Å². The average Bonchev–Trinajstić information content (AvgIpc) is 2.92. The fourth-order valence-electron chi connectivity index (χ4n) is 4.50. The van der Waals surface area contributed by atoms with Gasteiger partial charge in [-0.3, -0.25) is 4.79 Å². The van der Waals surface area contributed by atoms with Gasteiger partial charge in [-0.05, 0) is 55.7 Å². The number of likely N-dealkylation sites (N-methyl/N-ethyl adjacent to an activating group) is 1. The minimum atomic E-state index is -1.72. The molecule has 200 valence electrons. The van der Waals surface area contributed by atoms with Crippen LogP contribution in [-0.2, 0) is 19.9 Å². The lowest BCUT2D eigenvalue weighted by atomic mass is 9.81. The lowest BCUT2D eigenvalue weighted by Crippen LogP contribution is -2.52. The van der Waals surface area contributed by atoms with Crippen LogP contribution in [0.2, 0.25) is 0 Å². The average molecular weight is 526 g/mol. The molecule has 1 atom stereocenters. The van der Waals surface area contributed by atoms with E-state index in [2.05, 4.69) is 9.97 Å².